The molecule has 0 aliphatic carbocycles. The second-order valence-corrected chi connectivity index (χ2v) is 6.08. The Labute approximate surface area is 148 Å². The number of benzene rings is 1. The lowest BCUT2D eigenvalue weighted by atomic mass is 10.1. The van der Waals surface area contributed by atoms with Gasteiger partial charge in [-0.25, -0.2) is 4.79 Å². The van der Waals surface area contributed by atoms with E-state index in [-0.39, 0.29) is 24.6 Å². The number of hydrogen-bond donors (Lipinski definition) is 3. The maximum absolute atomic E-state index is 11.8. The van der Waals surface area contributed by atoms with Crippen LogP contribution in [0.1, 0.15) is 31.0 Å². The number of pyridine rings is 1. The molecule has 1 aromatic heterocycles. The molecular weight excluding hydrogens is 318 g/mol. The highest BCUT2D eigenvalue weighted by atomic mass is 16.5. The molecule has 0 aliphatic rings. The van der Waals surface area contributed by atoms with Crippen LogP contribution >= 0.6 is 0 Å². The Morgan fingerprint density at radius 3 is 2.64 bits per heavy atom. The van der Waals surface area contributed by atoms with E-state index in [0.29, 0.717) is 13.2 Å². The number of aliphatic hydroxyl groups excluding tert-OH is 1. The monoisotopic (exact) mass is 343 g/mol. The predicted octanol–water partition coefficient (Wildman–Crippen LogP) is 2.65. The summed E-state index contributed by atoms with van der Waals surface area (Å²) in [7, 11) is 0. The number of amides is 2. The average molecular weight is 343 g/mol. The fourth-order valence-corrected chi connectivity index (χ4v) is 2.17. The molecule has 6 heteroatoms. The molecule has 2 unspecified atom stereocenters. The zero-order valence-electron chi connectivity index (χ0n) is 14.6. The maximum Gasteiger partial charge on any atom is 0.315 e. The second kappa shape index (κ2) is 9.64. The number of aliphatic hydroxyl groups is 1. The third-order valence-corrected chi connectivity index (χ3v) is 3.78. The number of hydrogen-bond acceptors (Lipinski definition) is 4. The Kier molecular flexibility index (Phi) is 7.22. The molecule has 0 saturated carbocycles. The van der Waals surface area contributed by atoms with E-state index in [4.69, 9.17) is 9.84 Å². The van der Waals surface area contributed by atoms with Gasteiger partial charge in [0.2, 0.25) is 0 Å². The van der Waals surface area contributed by atoms with Crippen molar-refractivity contribution >= 4 is 6.03 Å². The van der Waals surface area contributed by atoms with Gasteiger partial charge in [0.15, 0.2) is 0 Å². The van der Waals surface area contributed by atoms with Crippen LogP contribution in [0.5, 0.6) is 5.75 Å². The number of aromatic nitrogens is 1. The molecule has 134 valence electrons. The van der Waals surface area contributed by atoms with Gasteiger partial charge in [-0.15, -0.1) is 0 Å². The molecular formula is C19H25N3O3. The summed E-state index contributed by atoms with van der Waals surface area (Å²) in [5, 5.41) is 14.6. The quantitative estimate of drug-likeness (QED) is 0.688. The minimum Gasteiger partial charge on any atom is -0.489 e. The number of carbonyl (C=O) groups is 1. The van der Waals surface area contributed by atoms with E-state index >= 15 is 0 Å². The van der Waals surface area contributed by atoms with Gasteiger partial charge in [-0.3, -0.25) is 4.98 Å². The van der Waals surface area contributed by atoms with Gasteiger partial charge in [-0.2, -0.15) is 0 Å². The molecule has 0 bridgehead atoms. The van der Waals surface area contributed by atoms with Crippen LogP contribution in [0.4, 0.5) is 4.79 Å². The SMILES string of the molecule is CC(CO)CNC(=O)NC(C)c1ccc(OCc2cccnc2)cc1. The molecule has 0 radical (unpaired) electrons. The molecule has 2 rings (SSSR count). The van der Waals surface area contributed by atoms with Crippen LogP contribution < -0.4 is 15.4 Å². The van der Waals surface area contributed by atoms with E-state index in [2.05, 4.69) is 15.6 Å². The smallest absolute Gasteiger partial charge is 0.315 e. The van der Waals surface area contributed by atoms with Gasteiger partial charge in [-0.1, -0.05) is 25.1 Å². The van der Waals surface area contributed by atoms with Crippen molar-refractivity contribution in [3.63, 3.8) is 0 Å². The Morgan fingerprint density at radius 2 is 2.00 bits per heavy atom. The van der Waals surface area contributed by atoms with Crippen LogP contribution in [0, 0.1) is 5.92 Å². The minimum absolute atomic E-state index is 0.0392. The first kappa shape index (κ1) is 18.7. The lowest BCUT2D eigenvalue weighted by Crippen LogP contribution is -2.39. The first-order valence-corrected chi connectivity index (χ1v) is 8.35. The Morgan fingerprint density at radius 1 is 1.24 bits per heavy atom. The van der Waals surface area contributed by atoms with Crippen molar-refractivity contribution in [3.05, 3.63) is 59.9 Å². The molecule has 2 amide bonds. The number of nitrogens with one attached hydrogen (secondary N) is 2. The van der Waals surface area contributed by atoms with Crippen molar-refractivity contribution in [1.82, 2.24) is 15.6 Å². The van der Waals surface area contributed by atoms with Crippen molar-refractivity contribution in [2.45, 2.75) is 26.5 Å². The van der Waals surface area contributed by atoms with E-state index in [0.717, 1.165) is 16.9 Å². The van der Waals surface area contributed by atoms with Crippen LogP contribution in [0.25, 0.3) is 0 Å². The molecule has 1 heterocycles. The predicted molar refractivity (Wildman–Crippen MR) is 96.2 cm³/mol. The van der Waals surface area contributed by atoms with Crippen molar-refractivity contribution in [2.24, 2.45) is 5.92 Å². The highest BCUT2D eigenvalue weighted by molar-refractivity contribution is 5.74. The summed E-state index contributed by atoms with van der Waals surface area (Å²) in [4.78, 5) is 15.9. The zero-order chi connectivity index (χ0) is 18.1. The van der Waals surface area contributed by atoms with Crippen molar-refractivity contribution in [2.75, 3.05) is 13.2 Å². The summed E-state index contributed by atoms with van der Waals surface area (Å²) in [6.45, 7) is 4.74. The Bertz CT molecular complexity index is 647. The molecule has 0 aliphatic heterocycles. The molecule has 1 aromatic carbocycles. The molecule has 2 aromatic rings. The van der Waals surface area contributed by atoms with Crippen LogP contribution in [0.3, 0.4) is 0 Å². The van der Waals surface area contributed by atoms with E-state index in [1.54, 1.807) is 12.4 Å². The number of carbonyl (C=O) groups excluding carboxylic acids is 1. The summed E-state index contributed by atoms with van der Waals surface area (Å²) < 4.78 is 5.72. The van der Waals surface area contributed by atoms with Gasteiger partial charge in [0.05, 0.1) is 6.04 Å². The van der Waals surface area contributed by atoms with Crippen molar-refractivity contribution < 1.29 is 14.6 Å². The summed E-state index contributed by atoms with van der Waals surface area (Å²) in [5.74, 6) is 0.804. The van der Waals surface area contributed by atoms with Crippen LogP contribution in [-0.2, 0) is 6.61 Å². The summed E-state index contributed by atoms with van der Waals surface area (Å²) in [5.41, 5.74) is 1.99. The maximum atomic E-state index is 11.8. The highest BCUT2D eigenvalue weighted by Gasteiger charge is 2.10. The van der Waals surface area contributed by atoms with Gasteiger partial charge in [0.1, 0.15) is 12.4 Å². The highest BCUT2D eigenvalue weighted by Crippen LogP contribution is 2.18. The van der Waals surface area contributed by atoms with Crippen molar-refractivity contribution in [1.29, 1.82) is 0 Å². The topological polar surface area (TPSA) is 83.5 Å². The number of ether oxygens (including phenoxy) is 1. The van der Waals surface area contributed by atoms with Gasteiger partial charge < -0.3 is 20.5 Å². The molecule has 0 fully saturated rings. The minimum atomic E-state index is -0.246. The molecule has 0 spiro atoms. The summed E-state index contributed by atoms with van der Waals surface area (Å²) >= 11 is 0. The Balaban J connectivity index is 1.81. The fourth-order valence-electron chi connectivity index (χ4n) is 2.17. The standard InChI is InChI=1S/C19H25N3O3/c1-14(12-23)10-21-19(24)22-15(2)17-5-7-18(8-6-17)25-13-16-4-3-9-20-11-16/h3-9,11,14-15,23H,10,12-13H2,1-2H3,(H2,21,22,24). The van der Waals surface area contributed by atoms with Crippen LogP contribution in [-0.4, -0.2) is 29.3 Å². The summed E-state index contributed by atoms with van der Waals surface area (Å²) in [6, 6.07) is 11.1. The number of rotatable bonds is 8. The first-order valence-electron chi connectivity index (χ1n) is 8.35. The lowest BCUT2D eigenvalue weighted by molar-refractivity contribution is 0.220. The molecule has 2 atom stereocenters. The fraction of sp³-hybridized carbons (Fsp3) is 0.368. The van der Waals surface area contributed by atoms with Gasteiger partial charge in [-0.05, 0) is 36.6 Å². The average Bonchev–Trinajstić information content (AvgIpc) is 2.65. The normalized spacial score (nSPS) is 12.9. The third kappa shape index (κ3) is 6.43. The number of nitrogens with zero attached hydrogens (tertiary/aromatic N) is 1. The Hall–Kier alpha value is -2.60. The van der Waals surface area contributed by atoms with E-state index < -0.39 is 0 Å². The lowest BCUT2D eigenvalue weighted by Gasteiger charge is -2.17. The first-order chi connectivity index (χ1) is 12.1. The molecule has 6 nitrogen and oxygen atoms in total. The van der Waals surface area contributed by atoms with Gasteiger partial charge in [0.25, 0.3) is 0 Å². The molecule has 3 N–H and O–H groups in total. The molecule has 0 saturated heterocycles. The molecule has 25 heavy (non-hydrogen) atoms. The van der Waals surface area contributed by atoms with Crippen LogP contribution in [0.15, 0.2) is 48.8 Å². The number of urea groups is 1. The largest absolute Gasteiger partial charge is 0.489 e. The third-order valence-electron chi connectivity index (χ3n) is 3.78. The second-order valence-electron chi connectivity index (χ2n) is 6.08. The van der Waals surface area contributed by atoms with Gasteiger partial charge >= 0.3 is 6.03 Å². The van der Waals surface area contributed by atoms with Crippen LogP contribution in [0.2, 0.25) is 0 Å². The van der Waals surface area contributed by atoms with E-state index in [9.17, 15) is 4.79 Å². The van der Waals surface area contributed by atoms with E-state index in [1.165, 1.54) is 0 Å². The summed E-state index contributed by atoms with van der Waals surface area (Å²) in [6.07, 6.45) is 3.50. The van der Waals surface area contributed by atoms with E-state index in [1.807, 2.05) is 50.2 Å². The zero-order valence-corrected chi connectivity index (χ0v) is 14.6. The van der Waals surface area contributed by atoms with Crippen molar-refractivity contribution in [3.8, 4) is 5.75 Å². The van der Waals surface area contributed by atoms with Gasteiger partial charge in [0, 0.05) is 31.1 Å².